The van der Waals surface area contributed by atoms with Gasteiger partial charge in [0.15, 0.2) is 0 Å². The summed E-state index contributed by atoms with van der Waals surface area (Å²) in [6, 6.07) is 8.78. The van der Waals surface area contributed by atoms with Crippen LogP contribution in [0.25, 0.3) is 9.67 Å². The van der Waals surface area contributed by atoms with Gasteiger partial charge in [0.1, 0.15) is 0 Å². The molecule has 0 atom stereocenters. The van der Waals surface area contributed by atoms with Crippen molar-refractivity contribution in [1.29, 1.82) is 0 Å². The molecule has 0 saturated heterocycles. The van der Waals surface area contributed by atoms with E-state index in [0.717, 1.165) is 0 Å². The third-order valence-electron chi connectivity index (χ3n) is 5.61. The van der Waals surface area contributed by atoms with E-state index in [1.165, 1.54) is 63.0 Å². The van der Waals surface area contributed by atoms with Crippen LogP contribution >= 0.6 is 0 Å². The molecule has 0 saturated carbocycles. The molecule has 2 heterocycles. The van der Waals surface area contributed by atoms with Crippen LogP contribution in [0.15, 0.2) is 49.1 Å². The predicted octanol–water partition coefficient (Wildman–Crippen LogP) is 7.41. The van der Waals surface area contributed by atoms with Crippen molar-refractivity contribution in [2.75, 3.05) is 0 Å². The van der Waals surface area contributed by atoms with Gasteiger partial charge in [0, 0.05) is 0 Å². The summed E-state index contributed by atoms with van der Waals surface area (Å²) >= 11 is -2.54. The van der Waals surface area contributed by atoms with E-state index in [0.29, 0.717) is 0 Å². The Balaban J connectivity index is 2.57. The first-order chi connectivity index (χ1) is 13.3. The summed E-state index contributed by atoms with van der Waals surface area (Å²) in [7, 11) is 0. The first-order valence-corrected chi connectivity index (χ1v) is 18.3. The van der Waals surface area contributed by atoms with Gasteiger partial charge in [-0.25, -0.2) is 0 Å². The fraction of sp³-hybridized carbons (Fsp3) is 0.500. The topological polar surface area (TPSA) is 25.8 Å². The van der Waals surface area contributed by atoms with E-state index in [2.05, 4.69) is 61.1 Å². The molecule has 0 fully saturated rings. The molecule has 0 bridgehead atoms. The van der Waals surface area contributed by atoms with Gasteiger partial charge >= 0.3 is 171 Å². The Hall–Kier alpha value is -1.16. The van der Waals surface area contributed by atoms with Crippen LogP contribution in [0.1, 0.15) is 70.4 Å². The number of rotatable bonds is 12. The van der Waals surface area contributed by atoms with Crippen LogP contribution in [0.2, 0.25) is 13.3 Å². The summed E-state index contributed by atoms with van der Waals surface area (Å²) < 4.78 is 6.13. The van der Waals surface area contributed by atoms with Gasteiger partial charge in [-0.05, 0) is 0 Å². The average Bonchev–Trinajstić information content (AvgIpc) is 2.73. The van der Waals surface area contributed by atoms with Crippen molar-refractivity contribution < 1.29 is 0 Å². The zero-order chi connectivity index (χ0) is 19.4. The Morgan fingerprint density at radius 1 is 0.741 bits per heavy atom. The maximum absolute atomic E-state index is 4.29. The average molecular weight is 471 g/mol. The molecular weight excluding hydrogens is 435 g/mol. The number of pyridine rings is 2. The van der Waals surface area contributed by atoms with Crippen LogP contribution in [-0.4, -0.2) is 28.3 Å². The van der Waals surface area contributed by atoms with Gasteiger partial charge in [0.25, 0.3) is 0 Å². The van der Waals surface area contributed by atoms with E-state index in [1.807, 2.05) is 24.8 Å². The molecule has 0 aliphatic carbocycles. The first kappa shape index (κ1) is 22.1. The molecule has 146 valence electrons. The van der Waals surface area contributed by atoms with Crippen LogP contribution in [0.3, 0.4) is 0 Å². The Kier molecular flexibility index (Phi) is 10.1. The van der Waals surface area contributed by atoms with E-state index in [-0.39, 0.29) is 0 Å². The SMILES string of the molecule is CCC[CH2][Sn]([CH2]CCC)([CH2]CCC)/[C](=C/c1ccncc1)c1ccncc1. The summed E-state index contributed by atoms with van der Waals surface area (Å²) in [5.74, 6) is 0. The Morgan fingerprint density at radius 2 is 1.19 bits per heavy atom. The van der Waals surface area contributed by atoms with Crippen molar-refractivity contribution in [2.24, 2.45) is 0 Å². The minimum absolute atomic E-state index is 1.29. The quantitative estimate of drug-likeness (QED) is 0.302. The standard InChI is InChI=1S/C12H9N2.3C4H9.Sn/c1(11-3-7-13-8-4-11)2-12-5-9-14-10-6-12;3*1-3-4-2;/h1,3-10H;3*1,3-4H2,2H3;. The summed E-state index contributed by atoms with van der Waals surface area (Å²) in [5.41, 5.74) is 2.71. The molecule has 2 aromatic rings. The number of hydrogen-bond acceptors (Lipinski definition) is 2. The Labute approximate surface area is 170 Å². The molecule has 0 amide bonds. The van der Waals surface area contributed by atoms with Gasteiger partial charge in [-0.2, -0.15) is 0 Å². The molecule has 0 radical (unpaired) electrons. The van der Waals surface area contributed by atoms with Crippen molar-refractivity contribution in [2.45, 2.75) is 72.6 Å². The fourth-order valence-corrected chi connectivity index (χ4v) is 20.9. The van der Waals surface area contributed by atoms with E-state index < -0.39 is 18.4 Å². The van der Waals surface area contributed by atoms with Gasteiger partial charge in [-0.3, -0.25) is 0 Å². The third kappa shape index (κ3) is 6.74. The van der Waals surface area contributed by atoms with E-state index in [1.54, 1.807) is 3.59 Å². The molecule has 2 nitrogen and oxygen atoms in total. The number of aromatic nitrogens is 2. The van der Waals surface area contributed by atoms with Crippen LogP contribution in [0, 0.1) is 0 Å². The maximum atomic E-state index is 4.29. The number of unbranched alkanes of at least 4 members (excludes halogenated alkanes) is 3. The van der Waals surface area contributed by atoms with E-state index >= 15 is 0 Å². The van der Waals surface area contributed by atoms with Crippen molar-refractivity contribution in [3.05, 3.63) is 60.2 Å². The van der Waals surface area contributed by atoms with Crippen LogP contribution in [0.5, 0.6) is 0 Å². The van der Waals surface area contributed by atoms with Crippen molar-refractivity contribution in [1.82, 2.24) is 9.97 Å². The normalized spacial score (nSPS) is 12.3. The molecule has 2 aromatic heterocycles. The van der Waals surface area contributed by atoms with Gasteiger partial charge in [-0.15, -0.1) is 0 Å². The molecule has 0 aliphatic rings. The van der Waals surface area contributed by atoms with Crippen LogP contribution in [-0.2, 0) is 0 Å². The summed E-state index contributed by atoms with van der Waals surface area (Å²) in [6.07, 6.45) is 18.3. The molecular formula is C24H36N2Sn. The Morgan fingerprint density at radius 3 is 1.63 bits per heavy atom. The van der Waals surface area contributed by atoms with Crippen LogP contribution in [0.4, 0.5) is 0 Å². The van der Waals surface area contributed by atoms with Gasteiger partial charge in [0.05, 0.1) is 0 Å². The summed E-state index contributed by atoms with van der Waals surface area (Å²) in [5, 5.41) is 0. The molecule has 0 N–H and O–H groups in total. The van der Waals surface area contributed by atoms with Gasteiger partial charge in [0.2, 0.25) is 0 Å². The third-order valence-corrected chi connectivity index (χ3v) is 21.3. The fourth-order valence-electron chi connectivity index (χ4n) is 4.02. The van der Waals surface area contributed by atoms with Crippen molar-refractivity contribution in [3.8, 4) is 0 Å². The van der Waals surface area contributed by atoms with Crippen LogP contribution < -0.4 is 0 Å². The van der Waals surface area contributed by atoms with Crippen molar-refractivity contribution >= 4 is 28.0 Å². The minimum atomic E-state index is -2.54. The van der Waals surface area contributed by atoms with Gasteiger partial charge < -0.3 is 0 Å². The second-order valence-corrected chi connectivity index (χ2v) is 20.8. The second kappa shape index (κ2) is 12.3. The molecule has 0 aliphatic heterocycles. The number of hydrogen-bond donors (Lipinski definition) is 0. The molecule has 2 rings (SSSR count). The molecule has 27 heavy (non-hydrogen) atoms. The van der Waals surface area contributed by atoms with Crippen molar-refractivity contribution in [3.63, 3.8) is 0 Å². The predicted molar refractivity (Wildman–Crippen MR) is 121 cm³/mol. The summed E-state index contributed by atoms with van der Waals surface area (Å²) in [4.78, 5) is 8.50. The number of nitrogens with zero attached hydrogens (tertiary/aromatic N) is 2. The first-order valence-electron chi connectivity index (χ1n) is 10.8. The molecule has 3 heteroatoms. The van der Waals surface area contributed by atoms with E-state index in [4.69, 9.17) is 0 Å². The zero-order valence-corrected chi connectivity index (χ0v) is 20.3. The Bertz CT molecular complexity index is 646. The monoisotopic (exact) mass is 472 g/mol. The van der Waals surface area contributed by atoms with Gasteiger partial charge in [-0.1, -0.05) is 0 Å². The zero-order valence-electron chi connectivity index (χ0n) is 17.5. The second-order valence-electron chi connectivity index (χ2n) is 7.67. The van der Waals surface area contributed by atoms with E-state index in [9.17, 15) is 0 Å². The molecule has 0 spiro atoms. The summed E-state index contributed by atoms with van der Waals surface area (Å²) in [6.45, 7) is 7.03. The molecule has 0 unspecified atom stereocenters. The molecule has 0 aromatic carbocycles.